The second kappa shape index (κ2) is 7.58. The molecule has 0 N–H and O–H groups in total. The molecule has 2 aliphatic rings. The van der Waals surface area contributed by atoms with E-state index in [-0.39, 0.29) is 5.60 Å². The van der Waals surface area contributed by atoms with E-state index in [4.69, 9.17) is 7.48 Å². The van der Waals surface area contributed by atoms with Crippen LogP contribution in [0.15, 0.2) is 54.7 Å². The Morgan fingerprint density at radius 2 is 1.67 bits per heavy atom. The number of rotatable bonds is 2. The van der Waals surface area contributed by atoms with Crippen LogP contribution >= 0.6 is 0 Å². The van der Waals surface area contributed by atoms with Gasteiger partial charge in [0.15, 0.2) is 6.20 Å². The maximum atomic E-state index is 8.93. The van der Waals surface area contributed by atoms with Crippen molar-refractivity contribution in [3.05, 3.63) is 71.4 Å². The van der Waals surface area contributed by atoms with Crippen LogP contribution in [0.5, 0.6) is 5.75 Å². The van der Waals surface area contributed by atoms with E-state index >= 15 is 0 Å². The average Bonchev–Trinajstić information content (AvgIpc) is 2.75. The molecular weight excluding hydrogens is 366 g/mol. The first-order valence-corrected chi connectivity index (χ1v) is 11.2. The van der Waals surface area contributed by atoms with Crippen molar-refractivity contribution >= 4 is 0 Å². The lowest BCUT2D eigenvalue weighted by Crippen LogP contribution is -2.42. The third-order valence-corrected chi connectivity index (χ3v) is 6.84. The molecular formula is C28H32NO+. The minimum atomic E-state index is -1.39. The Hall–Kier alpha value is -2.61. The van der Waals surface area contributed by atoms with Crippen molar-refractivity contribution < 1.29 is 12.0 Å². The van der Waals surface area contributed by atoms with Gasteiger partial charge in [0.2, 0.25) is 5.69 Å². The molecule has 1 aliphatic heterocycles. The number of hydrogen-bond donors (Lipinski definition) is 0. The lowest BCUT2D eigenvalue weighted by atomic mass is 9.78. The number of aryl methyl sites for hydroxylation is 4. The minimum absolute atomic E-state index is 0.384. The predicted molar refractivity (Wildman–Crippen MR) is 123 cm³/mol. The summed E-state index contributed by atoms with van der Waals surface area (Å²) in [5.41, 5.74) is 7.08. The SMILES string of the molecule is [2H]C1([2H])CC2(CCCCC2)Oc2c1ccc(C)c2-c1cc(-c2ccc(C)cc2)cc[n+]1C. The molecule has 0 amide bonds. The Morgan fingerprint density at radius 1 is 0.900 bits per heavy atom. The Kier molecular flexibility index (Phi) is 4.32. The summed E-state index contributed by atoms with van der Waals surface area (Å²) in [7, 11) is 2.06. The third-order valence-electron chi connectivity index (χ3n) is 6.84. The van der Waals surface area contributed by atoms with E-state index in [9.17, 15) is 0 Å². The van der Waals surface area contributed by atoms with Crippen molar-refractivity contribution in [2.45, 2.75) is 64.3 Å². The first-order chi connectivity index (χ1) is 15.3. The molecule has 0 bridgehead atoms. The van der Waals surface area contributed by atoms with E-state index in [1.54, 1.807) is 0 Å². The number of benzene rings is 2. The smallest absolute Gasteiger partial charge is 0.216 e. The lowest BCUT2D eigenvalue weighted by Gasteiger charge is -2.42. The zero-order chi connectivity index (χ0) is 22.5. The van der Waals surface area contributed by atoms with Crippen molar-refractivity contribution in [1.82, 2.24) is 0 Å². The standard InChI is InChI=1S/C28H32NO/c1-20-7-10-22(11-8-20)24-14-18-29(3)25(19-24)26-21(2)9-12-23-13-17-28(30-27(23)26)15-5-4-6-16-28/h7-12,14,18-19H,4-6,13,15-17H2,1-3H3/q+1/i13D2. The second-order valence-electron chi connectivity index (χ2n) is 9.11. The summed E-state index contributed by atoms with van der Waals surface area (Å²) in [4.78, 5) is 0. The molecule has 2 nitrogen and oxygen atoms in total. The Balaban J connectivity index is 1.69. The highest BCUT2D eigenvalue weighted by Gasteiger charge is 2.39. The number of ether oxygens (including phenoxy) is 1. The van der Waals surface area contributed by atoms with Gasteiger partial charge in [0.25, 0.3) is 0 Å². The molecule has 1 aromatic heterocycles. The van der Waals surface area contributed by atoms with Crippen LogP contribution in [0.25, 0.3) is 22.4 Å². The molecule has 30 heavy (non-hydrogen) atoms. The molecule has 0 radical (unpaired) electrons. The van der Waals surface area contributed by atoms with Gasteiger partial charge in [-0.05, 0) is 74.6 Å². The van der Waals surface area contributed by atoms with E-state index in [2.05, 4.69) is 68.1 Å². The summed E-state index contributed by atoms with van der Waals surface area (Å²) < 4.78 is 26.8. The summed E-state index contributed by atoms with van der Waals surface area (Å²) in [5, 5.41) is 0. The van der Waals surface area contributed by atoms with Gasteiger partial charge < -0.3 is 4.74 Å². The molecule has 2 heterocycles. The first kappa shape index (κ1) is 17.1. The van der Waals surface area contributed by atoms with Gasteiger partial charge in [-0.3, -0.25) is 0 Å². The molecule has 1 spiro atoms. The Labute approximate surface area is 183 Å². The van der Waals surface area contributed by atoms with E-state index in [1.807, 2.05) is 12.1 Å². The largest absolute Gasteiger partial charge is 0.486 e. The molecule has 1 saturated carbocycles. The number of pyridine rings is 1. The van der Waals surface area contributed by atoms with Gasteiger partial charge in [-0.1, -0.05) is 48.4 Å². The lowest BCUT2D eigenvalue weighted by molar-refractivity contribution is -0.660. The van der Waals surface area contributed by atoms with Gasteiger partial charge in [-0.15, -0.1) is 0 Å². The molecule has 2 aromatic carbocycles. The average molecular weight is 401 g/mol. The van der Waals surface area contributed by atoms with Crippen molar-refractivity contribution in [2.24, 2.45) is 7.05 Å². The van der Waals surface area contributed by atoms with Crippen LogP contribution in [0.3, 0.4) is 0 Å². The van der Waals surface area contributed by atoms with Crippen LogP contribution in [0, 0.1) is 13.8 Å². The van der Waals surface area contributed by atoms with Crippen molar-refractivity contribution in [3.63, 3.8) is 0 Å². The molecule has 1 fully saturated rings. The fourth-order valence-corrected chi connectivity index (χ4v) is 4.97. The van der Waals surface area contributed by atoms with E-state index in [0.29, 0.717) is 12.0 Å². The highest BCUT2D eigenvalue weighted by molar-refractivity contribution is 5.75. The van der Waals surface area contributed by atoms with Crippen LogP contribution < -0.4 is 9.30 Å². The van der Waals surface area contributed by atoms with Gasteiger partial charge in [0.05, 0.1) is 5.56 Å². The van der Waals surface area contributed by atoms with Crippen LogP contribution in [0.1, 0.15) is 58.0 Å². The summed E-state index contributed by atoms with van der Waals surface area (Å²) in [6.07, 6.45) is 6.48. The fraction of sp³-hybridized carbons (Fsp3) is 0.393. The van der Waals surface area contributed by atoms with Crippen molar-refractivity contribution in [1.29, 1.82) is 0 Å². The van der Waals surface area contributed by atoms with Crippen LogP contribution in [-0.4, -0.2) is 5.60 Å². The van der Waals surface area contributed by atoms with Gasteiger partial charge in [0.1, 0.15) is 18.4 Å². The highest BCUT2D eigenvalue weighted by Crippen LogP contribution is 2.46. The molecule has 3 aromatic rings. The van der Waals surface area contributed by atoms with Crippen LogP contribution in [0.4, 0.5) is 0 Å². The van der Waals surface area contributed by atoms with E-state index < -0.39 is 6.37 Å². The third kappa shape index (κ3) is 3.43. The predicted octanol–water partition coefficient (Wildman–Crippen LogP) is 6.49. The number of fused-ring (bicyclic) bond motifs is 1. The topological polar surface area (TPSA) is 13.1 Å². The van der Waals surface area contributed by atoms with Crippen LogP contribution in [0.2, 0.25) is 0 Å². The molecule has 2 heteroatoms. The highest BCUT2D eigenvalue weighted by atomic mass is 16.5. The van der Waals surface area contributed by atoms with E-state index in [1.165, 1.54) is 17.5 Å². The second-order valence-corrected chi connectivity index (χ2v) is 9.11. The van der Waals surface area contributed by atoms with Gasteiger partial charge in [-0.25, -0.2) is 4.57 Å². The van der Waals surface area contributed by atoms with E-state index in [0.717, 1.165) is 53.8 Å². The molecule has 1 aliphatic carbocycles. The summed E-state index contributed by atoms with van der Waals surface area (Å²) in [6.45, 7) is 4.21. The van der Waals surface area contributed by atoms with Crippen molar-refractivity contribution in [2.75, 3.05) is 0 Å². The molecule has 0 saturated heterocycles. The quantitative estimate of drug-likeness (QED) is 0.448. The molecule has 5 rings (SSSR count). The zero-order valence-electron chi connectivity index (χ0n) is 20.3. The zero-order valence-corrected chi connectivity index (χ0v) is 18.3. The number of hydrogen-bond acceptors (Lipinski definition) is 1. The molecule has 0 atom stereocenters. The monoisotopic (exact) mass is 400 g/mol. The van der Waals surface area contributed by atoms with Gasteiger partial charge >= 0.3 is 0 Å². The molecule has 154 valence electrons. The fourth-order valence-electron chi connectivity index (χ4n) is 4.97. The Bertz CT molecular complexity index is 1160. The van der Waals surface area contributed by atoms with Crippen molar-refractivity contribution in [3.8, 4) is 28.1 Å². The maximum absolute atomic E-state index is 8.93. The maximum Gasteiger partial charge on any atom is 0.216 e. The Morgan fingerprint density at radius 3 is 2.43 bits per heavy atom. The molecule has 0 unspecified atom stereocenters. The summed E-state index contributed by atoms with van der Waals surface area (Å²) >= 11 is 0. The number of aromatic nitrogens is 1. The first-order valence-electron chi connectivity index (χ1n) is 12.2. The normalized spacial score (nSPS) is 20.1. The summed E-state index contributed by atoms with van der Waals surface area (Å²) in [5.74, 6) is 0.750. The number of nitrogens with zero attached hydrogens (tertiary/aromatic N) is 1. The summed E-state index contributed by atoms with van der Waals surface area (Å²) in [6, 6.07) is 16.9. The van der Waals surface area contributed by atoms with Crippen LogP contribution in [-0.2, 0) is 13.4 Å². The van der Waals surface area contributed by atoms with Gasteiger partial charge in [-0.2, -0.15) is 0 Å². The van der Waals surface area contributed by atoms with Gasteiger partial charge in [0, 0.05) is 14.9 Å². The minimum Gasteiger partial charge on any atom is -0.486 e.